The number of hydrogen-bond donors (Lipinski definition) is 0. The monoisotopic (exact) mass is 368 g/mol. The summed E-state index contributed by atoms with van der Waals surface area (Å²) in [6.45, 7) is 3.01. The number of aryl methyl sites for hydroxylation is 1. The van der Waals surface area contributed by atoms with Crippen LogP contribution in [0.4, 0.5) is 0 Å². The lowest BCUT2D eigenvalue weighted by Crippen LogP contribution is -2.38. The molecule has 0 atom stereocenters. The molecule has 1 fully saturated rings. The molecule has 8 heteroatoms. The first-order chi connectivity index (χ1) is 13.1. The minimum absolute atomic E-state index is 0.131. The highest BCUT2D eigenvalue weighted by Gasteiger charge is 2.29. The van der Waals surface area contributed by atoms with Gasteiger partial charge in [-0.2, -0.15) is 0 Å². The lowest BCUT2D eigenvalue weighted by Gasteiger charge is -2.29. The number of rotatable bonds is 4. The highest BCUT2D eigenvalue weighted by molar-refractivity contribution is 5.93. The number of likely N-dealkylation sites (tertiary alicyclic amines) is 1. The third kappa shape index (κ3) is 3.55. The van der Waals surface area contributed by atoms with Crippen LogP contribution < -0.4 is 4.74 Å². The fourth-order valence-electron chi connectivity index (χ4n) is 3.26. The van der Waals surface area contributed by atoms with E-state index >= 15 is 0 Å². The summed E-state index contributed by atoms with van der Waals surface area (Å²) < 4.78 is 16.1. The zero-order valence-corrected chi connectivity index (χ0v) is 15.2. The molecule has 0 spiro atoms. The van der Waals surface area contributed by atoms with Crippen molar-refractivity contribution in [3.63, 3.8) is 0 Å². The molecule has 140 valence electrons. The fourth-order valence-corrected chi connectivity index (χ4v) is 3.26. The first-order valence-electron chi connectivity index (χ1n) is 8.84. The molecule has 0 bridgehead atoms. The van der Waals surface area contributed by atoms with Gasteiger partial charge < -0.3 is 18.6 Å². The quantitative estimate of drug-likeness (QED) is 0.698. The molecule has 0 N–H and O–H groups in total. The first-order valence-corrected chi connectivity index (χ1v) is 8.84. The van der Waals surface area contributed by atoms with Gasteiger partial charge in [0, 0.05) is 37.6 Å². The number of amides is 1. The molecule has 1 aromatic carbocycles. The van der Waals surface area contributed by atoms with Gasteiger partial charge in [-0.3, -0.25) is 4.79 Å². The van der Waals surface area contributed by atoms with E-state index in [-0.39, 0.29) is 11.8 Å². The van der Waals surface area contributed by atoms with Crippen LogP contribution in [0.1, 0.15) is 41.0 Å². The van der Waals surface area contributed by atoms with Crippen LogP contribution in [0.3, 0.4) is 0 Å². The van der Waals surface area contributed by atoms with Crippen LogP contribution >= 0.6 is 0 Å². The Morgan fingerprint density at radius 2 is 2.04 bits per heavy atom. The molecular formula is C19H20N4O4. The van der Waals surface area contributed by atoms with Gasteiger partial charge in [0.25, 0.3) is 5.91 Å². The number of methoxy groups -OCH3 is 1. The van der Waals surface area contributed by atoms with E-state index in [1.165, 1.54) is 0 Å². The minimum Gasteiger partial charge on any atom is -0.497 e. The van der Waals surface area contributed by atoms with E-state index in [1.807, 2.05) is 24.3 Å². The smallest absolute Gasteiger partial charge is 0.276 e. The van der Waals surface area contributed by atoms with E-state index < -0.39 is 0 Å². The second-order valence-electron chi connectivity index (χ2n) is 6.53. The van der Waals surface area contributed by atoms with Gasteiger partial charge in [0.2, 0.25) is 11.8 Å². The van der Waals surface area contributed by atoms with Crippen LogP contribution in [-0.4, -0.2) is 46.4 Å². The van der Waals surface area contributed by atoms with Gasteiger partial charge >= 0.3 is 0 Å². The molecule has 0 unspecified atom stereocenters. The van der Waals surface area contributed by atoms with E-state index in [4.69, 9.17) is 13.7 Å². The molecule has 1 amide bonds. The van der Waals surface area contributed by atoms with Crippen LogP contribution in [0.15, 0.2) is 39.3 Å². The number of nitrogens with zero attached hydrogens (tertiary/aromatic N) is 4. The summed E-state index contributed by atoms with van der Waals surface area (Å²) in [4.78, 5) is 14.5. The molecule has 3 aromatic rings. The summed E-state index contributed by atoms with van der Waals surface area (Å²) in [5.41, 5.74) is 1.12. The lowest BCUT2D eigenvalue weighted by molar-refractivity contribution is 0.0695. The Morgan fingerprint density at radius 3 is 2.74 bits per heavy atom. The Kier molecular flexibility index (Phi) is 4.62. The third-order valence-corrected chi connectivity index (χ3v) is 4.76. The number of benzene rings is 1. The maximum Gasteiger partial charge on any atom is 0.276 e. The number of carbonyl (C=O) groups excluding carboxylic acids is 1. The van der Waals surface area contributed by atoms with Crippen molar-refractivity contribution in [2.45, 2.75) is 25.7 Å². The zero-order valence-electron chi connectivity index (χ0n) is 15.2. The molecular weight excluding hydrogens is 348 g/mol. The van der Waals surface area contributed by atoms with E-state index in [0.29, 0.717) is 36.3 Å². The Morgan fingerprint density at radius 1 is 1.22 bits per heavy atom. The molecule has 1 aliphatic heterocycles. The normalized spacial score (nSPS) is 15.1. The summed E-state index contributed by atoms with van der Waals surface area (Å²) >= 11 is 0. The van der Waals surface area contributed by atoms with Crippen molar-refractivity contribution in [2.24, 2.45) is 0 Å². The molecule has 1 aliphatic rings. The summed E-state index contributed by atoms with van der Waals surface area (Å²) in [5.74, 6) is 2.54. The van der Waals surface area contributed by atoms with E-state index in [2.05, 4.69) is 15.4 Å². The lowest BCUT2D eigenvalue weighted by atomic mass is 9.96. The fraction of sp³-hybridized carbons (Fsp3) is 0.368. The van der Waals surface area contributed by atoms with Crippen molar-refractivity contribution in [1.29, 1.82) is 0 Å². The number of piperidine rings is 1. The largest absolute Gasteiger partial charge is 0.497 e. The second kappa shape index (κ2) is 7.22. The van der Waals surface area contributed by atoms with Gasteiger partial charge in [-0.15, -0.1) is 10.2 Å². The maximum absolute atomic E-state index is 12.7. The summed E-state index contributed by atoms with van der Waals surface area (Å²) in [6, 6.07) is 9.11. The highest BCUT2D eigenvalue weighted by atomic mass is 16.5. The molecule has 2 aromatic heterocycles. The van der Waals surface area contributed by atoms with Crippen molar-refractivity contribution in [3.8, 4) is 17.1 Å². The Labute approximate surface area is 156 Å². The Balaban J connectivity index is 1.42. The number of hydrogen-bond acceptors (Lipinski definition) is 7. The molecule has 0 radical (unpaired) electrons. The minimum atomic E-state index is -0.131. The first kappa shape index (κ1) is 17.3. The molecule has 27 heavy (non-hydrogen) atoms. The van der Waals surface area contributed by atoms with Crippen molar-refractivity contribution in [1.82, 2.24) is 20.3 Å². The molecule has 0 aliphatic carbocycles. The van der Waals surface area contributed by atoms with Crippen molar-refractivity contribution < 1.29 is 18.5 Å². The van der Waals surface area contributed by atoms with Crippen LogP contribution in [0.5, 0.6) is 5.75 Å². The number of ether oxygens (including phenoxy) is 1. The van der Waals surface area contributed by atoms with Crippen LogP contribution in [0.25, 0.3) is 11.3 Å². The van der Waals surface area contributed by atoms with Crippen molar-refractivity contribution in [3.05, 3.63) is 47.8 Å². The maximum atomic E-state index is 12.7. The average molecular weight is 368 g/mol. The average Bonchev–Trinajstić information content (AvgIpc) is 3.37. The summed E-state index contributed by atoms with van der Waals surface area (Å²) in [6.07, 6.45) is 1.57. The molecule has 3 heterocycles. The summed E-state index contributed by atoms with van der Waals surface area (Å²) in [7, 11) is 1.60. The van der Waals surface area contributed by atoms with Crippen molar-refractivity contribution >= 4 is 5.91 Å². The zero-order chi connectivity index (χ0) is 18.8. The van der Waals surface area contributed by atoms with Crippen LogP contribution in [-0.2, 0) is 0 Å². The topological polar surface area (TPSA) is 94.5 Å². The van der Waals surface area contributed by atoms with Crippen molar-refractivity contribution in [2.75, 3.05) is 20.2 Å². The van der Waals surface area contributed by atoms with E-state index in [1.54, 1.807) is 25.0 Å². The summed E-state index contributed by atoms with van der Waals surface area (Å²) in [5, 5.41) is 11.9. The highest BCUT2D eigenvalue weighted by Crippen LogP contribution is 2.29. The van der Waals surface area contributed by atoms with Crippen LogP contribution in [0, 0.1) is 6.92 Å². The van der Waals surface area contributed by atoms with E-state index in [9.17, 15) is 4.79 Å². The van der Waals surface area contributed by atoms with E-state index in [0.717, 1.165) is 24.2 Å². The predicted molar refractivity (Wildman–Crippen MR) is 95.4 cm³/mol. The molecule has 4 rings (SSSR count). The van der Waals surface area contributed by atoms with Gasteiger partial charge in [-0.1, -0.05) is 17.3 Å². The third-order valence-electron chi connectivity index (χ3n) is 4.76. The molecule has 1 saturated heterocycles. The van der Waals surface area contributed by atoms with Gasteiger partial charge in [-0.05, 0) is 25.0 Å². The molecule has 0 saturated carbocycles. The van der Waals surface area contributed by atoms with Gasteiger partial charge in [0.05, 0.1) is 7.11 Å². The SMILES string of the molecule is COc1cccc(-c2cc(C(=O)N3CCC(c4nnc(C)o4)CC3)no2)c1. The predicted octanol–water partition coefficient (Wildman–Crippen LogP) is 3.06. The van der Waals surface area contributed by atoms with Gasteiger partial charge in [0.1, 0.15) is 5.75 Å². The van der Waals surface area contributed by atoms with Crippen LogP contribution in [0.2, 0.25) is 0 Å². The second-order valence-corrected chi connectivity index (χ2v) is 6.53. The van der Waals surface area contributed by atoms with Gasteiger partial charge in [-0.25, -0.2) is 0 Å². The molecule has 8 nitrogen and oxygen atoms in total. The van der Waals surface area contributed by atoms with Gasteiger partial charge in [0.15, 0.2) is 11.5 Å². The number of aromatic nitrogens is 3. The Hall–Kier alpha value is -3.16. The standard InChI is InChI=1S/C19H20N4O4/c1-12-20-21-18(26-12)13-6-8-23(9-7-13)19(24)16-11-17(27-22-16)14-4-3-5-15(10-14)25-2/h3-5,10-11,13H,6-9H2,1-2H3. The number of carbonyl (C=O) groups is 1. The Bertz CT molecular complexity index is 941.